The van der Waals surface area contributed by atoms with E-state index in [0.717, 1.165) is 5.69 Å². The molecule has 23 heavy (non-hydrogen) atoms. The summed E-state index contributed by atoms with van der Waals surface area (Å²) in [7, 11) is -3.88. The van der Waals surface area contributed by atoms with Gasteiger partial charge >= 0.3 is 0 Å². The fourth-order valence-corrected chi connectivity index (χ4v) is 2.92. The molecule has 2 aromatic heterocycles. The van der Waals surface area contributed by atoms with Crippen molar-refractivity contribution in [2.45, 2.75) is 5.75 Å². The van der Waals surface area contributed by atoms with Crippen LogP contribution >= 0.6 is 0 Å². The number of hydrogen-bond acceptors (Lipinski definition) is 6. The molecule has 0 unspecified atom stereocenters. The fraction of sp³-hybridized carbons (Fsp3) is 0.0714. The Morgan fingerprint density at radius 3 is 2.70 bits per heavy atom. The number of aromatic nitrogens is 3. The van der Waals surface area contributed by atoms with Crippen molar-refractivity contribution in [3.8, 4) is 5.69 Å². The third kappa shape index (κ3) is 3.64. The number of para-hydroxylation sites is 1. The lowest BCUT2D eigenvalue weighted by molar-refractivity contribution is 0.0977. The molecule has 3 rings (SSSR count). The molecule has 9 heteroatoms. The molecule has 0 radical (unpaired) electrons. The van der Waals surface area contributed by atoms with Gasteiger partial charge in [0.2, 0.25) is 10.0 Å². The topological polar surface area (TPSA) is 107 Å². The summed E-state index contributed by atoms with van der Waals surface area (Å²) in [6.45, 7) is 0. The van der Waals surface area contributed by atoms with Gasteiger partial charge in [-0.3, -0.25) is 4.79 Å². The monoisotopic (exact) mass is 332 g/mol. The molecule has 0 saturated heterocycles. The molecule has 0 aliphatic carbocycles. The van der Waals surface area contributed by atoms with Crippen LogP contribution in [0.15, 0.2) is 59.7 Å². The fourth-order valence-electron chi connectivity index (χ4n) is 1.92. The maximum atomic E-state index is 12.0. The van der Waals surface area contributed by atoms with Gasteiger partial charge in [0.15, 0.2) is 0 Å². The van der Waals surface area contributed by atoms with Crippen LogP contribution in [0.25, 0.3) is 5.69 Å². The average molecular weight is 332 g/mol. The first kappa shape index (κ1) is 15.0. The summed E-state index contributed by atoms with van der Waals surface area (Å²) < 4.78 is 32.0. The van der Waals surface area contributed by atoms with Crippen molar-refractivity contribution in [1.82, 2.24) is 19.4 Å². The quantitative estimate of drug-likeness (QED) is 0.750. The molecule has 0 aliphatic rings. The smallest absolute Gasteiger partial charge is 0.284 e. The van der Waals surface area contributed by atoms with Crippen LogP contribution in [0.5, 0.6) is 0 Å². The van der Waals surface area contributed by atoms with Crippen LogP contribution in [0.3, 0.4) is 0 Å². The standard InChI is InChI=1S/C14H12N4O4S/c19-14(17-23(20,21)9-11-6-7-22-16-11)13-8-18(10-15-13)12-4-2-1-3-5-12/h1-8,10H,9H2,(H,17,19). The molecule has 0 bridgehead atoms. The first-order valence-corrected chi connectivity index (χ1v) is 8.22. The highest BCUT2D eigenvalue weighted by atomic mass is 32.2. The van der Waals surface area contributed by atoms with Gasteiger partial charge in [0, 0.05) is 18.0 Å². The third-order valence-electron chi connectivity index (χ3n) is 2.95. The molecule has 0 spiro atoms. The summed E-state index contributed by atoms with van der Waals surface area (Å²) >= 11 is 0. The van der Waals surface area contributed by atoms with E-state index in [2.05, 4.69) is 14.7 Å². The number of imidazole rings is 1. The van der Waals surface area contributed by atoms with E-state index in [4.69, 9.17) is 0 Å². The summed E-state index contributed by atoms with van der Waals surface area (Å²) in [5.74, 6) is -1.25. The predicted octanol–water partition coefficient (Wildman–Crippen LogP) is 1.12. The van der Waals surface area contributed by atoms with Crippen LogP contribution in [0.2, 0.25) is 0 Å². The lowest BCUT2D eigenvalue weighted by atomic mass is 10.3. The number of benzene rings is 1. The first-order chi connectivity index (χ1) is 11.0. The van der Waals surface area contributed by atoms with E-state index in [1.54, 1.807) is 4.57 Å². The summed E-state index contributed by atoms with van der Waals surface area (Å²) in [6, 6.07) is 10.6. The highest BCUT2D eigenvalue weighted by Gasteiger charge is 2.20. The van der Waals surface area contributed by atoms with Crippen molar-refractivity contribution in [3.63, 3.8) is 0 Å². The highest BCUT2D eigenvalue weighted by molar-refractivity contribution is 7.89. The van der Waals surface area contributed by atoms with Crippen molar-refractivity contribution < 1.29 is 17.7 Å². The average Bonchev–Trinajstić information content (AvgIpc) is 3.18. The van der Waals surface area contributed by atoms with E-state index < -0.39 is 21.7 Å². The minimum Gasteiger partial charge on any atom is -0.364 e. The Morgan fingerprint density at radius 2 is 2.00 bits per heavy atom. The first-order valence-electron chi connectivity index (χ1n) is 6.57. The molecule has 118 valence electrons. The van der Waals surface area contributed by atoms with E-state index in [9.17, 15) is 13.2 Å². The zero-order valence-electron chi connectivity index (χ0n) is 11.8. The van der Waals surface area contributed by atoms with Crippen molar-refractivity contribution in [1.29, 1.82) is 0 Å². The largest absolute Gasteiger partial charge is 0.364 e. The van der Waals surface area contributed by atoms with E-state index in [-0.39, 0.29) is 11.4 Å². The van der Waals surface area contributed by atoms with E-state index >= 15 is 0 Å². The Morgan fingerprint density at radius 1 is 1.22 bits per heavy atom. The molecule has 0 aliphatic heterocycles. The second-order valence-corrected chi connectivity index (χ2v) is 6.41. The Labute approximate surface area is 131 Å². The lowest BCUT2D eigenvalue weighted by Gasteiger charge is -2.03. The predicted molar refractivity (Wildman–Crippen MR) is 80.2 cm³/mol. The molecule has 3 aromatic rings. The SMILES string of the molecule is O=C(NS(=O)(=O)Cc1ccon1)c1cn(-c2ccccc2)cn1. The van der Waals surface area contributed by atoms with Crippen LogP contribution in [0.1, 0.15) is 16.2 Å². The van der Waals surface area contributed by atoms with Gasteiger partial charge in [-0.05, 0) is 12.1 Å². The maximum Gasteiger partial charge on any atom is 0.284 e. The van der Waals surface area contributed by atoms with Gasteiger partial charge in [0.05, 0.1) is 0 Å². The Hall–Kier alpha value is -2.94. The minimum atomic E-state index is -3.88. The number of nitrogens with one attached hydrogen (secondary N) is 1. The van der Waals surface area contributed by atoms with Crippen LogP contribution < -0.4 is 4.72 Å². The summed E-state index contributed by atoms with van der Waals surface area (Å²) in [5, 5.41) is 3.50. The summed E-state index contributed by atoms with van der Waals surface area (Å²) in [6.07, 6.45) is 4.15. The molecule has 0 saturated carbocycles. The van der Waals surface area contributed by atoms with Crippen molar-refractivity contribution in [3.05, 3.63) is 66.6 Å². The normalized spacial score (nSPS) is 11.3. The van der Waals surface area contributed by atoms with E-state index in [0.29, 0.717) is 0 Å². The summed E-state index contributed by atoms with van der Waals surface area (Å²) in [5.41, 5.74) is 1.02. The molecule has 1 aromatic carbocycles. The van der Waals surface area contributed by atoms with Crippen LogP contribution in [0.4, 0.5) is 0 Å². The van der Waals surface area contributed by atoms with Gasteiger partial charge in [0.1, 0.15) is 29.7 Å². The number of amides is 1. The van der Waals surface area contributed by atoms with Gasteiger partial charge in [-0.2, -0.15) is 0 Å². The minimum absolute atomic E-state index is 0.00224. The second kappa shape index (κ2) is 6.05. The van der Waals surface area contributed by atoms with Gasteiger partial charge in [-0.1, -0.05) is 23.4 Å². The molecule has 2 heterocycles. The molecule has 8 nitrogen and oxygen atoms in total. The number of hydrogen-bond donors (Lipinski definition) is 1. The maximum absolute atomic E-state index is 12.0. The van der Waals surface area contributed by atoms with Gasteiger partial charge in [-0.25, -0.2) is 18.1 Å². The number of sulfonamides is 1. The number of rotatable bonds is 5. The number of carbonyl (C=O) groups excluding carboxylic acids is 1. The van der Waals surface area contributed by atoms with Crippen molar-refractivity contribution in [2.75, 3.05) is 0 Å². The van der Waals surface area contributed by atoms with Crippen LogP contribution in [-0.4, -0.2) is 29.0 Å². The van der Waals surface area contributed by atoms with Crippen molar-refractivity contribution in [2.24, 2.45) is 0 Å². The summed E-state index contributed by atoms with van der Waals surface area (Å²) in [4.78, 5) is 15.9. The third-order valence-corrected chi connectivity index (χ3v) is 4.12. The Bertz CT molecular complexity index is 901. The van der Waals surface area contributed by atoms with E-state index in [1.807, 2.05) is 35.1 Å². The second-order valence-electron chi connectivity index (χ2n) is 4.68. The number of carbonyl (C=O) groups is 1. The molecule has 0 atom stereocenters. The molecule has 1 amide bonds. The van der Waals surface area contributed by atoms with Gasteiger partial charge < -0.3 is 9.09 Å². The van der Waals surface area contributed by atoms with Gasteiger partial charge in [0.25, 0.3) is 5.91 Å². The van der Waals surface area contributed by atoms with Crippen LogP contribution in [0, 0.1) is 0 Å². The molecular weight excluding hydrogens is 320 g/mol. The number of nitrogens with zero attached hydrogens (tertiary/aromatic N) is 3. The Kier molecular flexibility index (Phi) is 3.94. The van der Waals surface area contributed by atoms with E-state index in [1.165, 1.54) is 24.9 Å². The van der Waals surface area contributed by atoms with Crippen molar-refractivity contribution >= 4 is 15.9 Å². The zero-order valence-corrected chi connectivity index (χ0v) is 12.6. The lowest BCUT2D eigenvalue weighted by Crippen LogP contribution is -2.31. The zero-order chi connectivity index (χ0) is 16.3. The Balaban J connectivity index is 1.73. The van der Waals surface area contributed by atoms with Crippen LogP contribution in [-0.2, 0) is 15.8 Å². The molecule has 0 fully saturated rings. The van der Waals surface area contributed by atoms with Gasteiger partial charge in [-0.15, -0.1) is 0 Å². The molecular formula is C14H12N4O4S. The highest BCUT2D eigenvalue weighted by Crippen LogP contribution is 2.08. The molecule has 1 N–H and O–H groups in total.